The Morgan fingerprint density at radius 2 is 0.921 bits per heavy atom. The van der Waals surface area contributed by atoms with Crippen LogP contribution in [0.25, 0.3) is 64.7 Å². The first kappa shape index (κ1) is 47.0. The highest BCUT2D eigenvalue weighted by Crippen LogP contribution is 2.53. The van der Waals surface area contributed by atoms with Crippen molar-refractivity contribution >= 4 is 65.6 Å². The second-order valence-corrected chi connectivity index (χ2v) is 21.8. The number of aryl methyl sites for hydroxylation is 1. The van der Waals surface area contributed by atoms with Crippen molar-refractivity contribution in [3.05, 3.63) is 289 Å². The van der Waals surface area contributed by atoms with Crippen molar-refractivity contribution in [3.63, 3.8) is 0 Å². The van der Waals surface area contributed by atoms with Crippen molar-refractivity contribution in [1.82, 2.24) is 0 Å². The molecule has 3 heteroatoms. The monoisotopic (exact) mass is 994 g/mol. The molecule has 366 valence electrons. The average molecular weight is 995 g/mol. The summed E-state index contributed by atoms with van der Waals surface area (Å²) >= 11 is 1.92. The molecule has 13 rings (SSSR count). The Bertz CT molecular complexity index is 4060. The Morgan fingerprint density at radius 3 is 1.61 bits per heavy atom. The summed E-state index contributed by atoms with van der Waals surface area (Å²) in [5.74, 6) is 0.241. The quantitative estimate of drug-likeness (QED) is 0.120. The fraction of sp³-hybridized carbons (Fsp3) is 0.0959. The Morgan fingerprint density at radius 1 is 0.395 bits per heavy atom. The minimum absolute atomic E-state index is 0.176. The summed E-state index contributed by atoms with van der Waals surface area (Å²) in [4.78, 5) is 4.92. The SMILES string of the molecule is CCC(c1ccccc1)c1ccccc1-c1cc(-c2cc(N(c3ccccc3)c3ccc(-c4ccccc4)cc3)cc(N(c3ccccc3)c3ccc4c(c3)C(C)(C)c3ccccc3-4)c2)c2c(sc3ccccc32)c1C. The van der Waals surface area contributed by atoms with Crippen LogP contribution in [0.15, 0.2) is 261 Å². The van der Waals surface area contributed by atoms with Crippen molar-refractivity contribution in [1.29, 1.82) is 0 Å². The molecule has 0 saturated heterocycles. The molecule has 1 aliphatic carbocycles. The fourth-order valence-corrected chi connectivity index (χ4v) is 13.5. The summed E-state index contributed by atoms with van der Waals surface area (Å²) in [6.07, 6.45) is 0.992. The van der Waals surface area contributed by atoms with Gasteiger partial charge in [-0.25, -0.2) is 0 Å². The molecule has 2 nitrogen and oxygen atoms in total. The predicted octanol–water partition coefficient (Wildman–Crippen LogP) is 21.2. The number of benzene rings is 11. The molecule has 11 aromatic carbocycles. The first-order valence-electron chi connectivity index (χ1n) is 26.7. The van der Waals surface area contributed by atoms with Gasteiger partial charge in [0.2, 0.25) is 0 Å². The lowest BCUT2D eigenvalue weighted by atomic mass is 9.82. The van der Waals surface area contributed by atoms with E-state index in [9.17, 15) is 0 Å². The molecule has 0 radical (unpaired) electrons. The van der Waals surface area contributed by atoms with Crippen LogP contribution in [0.1, 0.15) is 60.9 Å². The van der Waals surface area contributed by atoms with Crippen molar-refractivity contribution in [2.75, 3.05) is 9.80 Å². The summed E-state index contributed by atoms with van der Waals surface area (Å²) in [5, 5.41) is 2.57. The van der Waals surface area contributed by atoms with E-state index in [0.29, 0.717) is 0 Å². The van der Waals surface area contributed by atoms with Crippen LogP contribution in [0.4, 0.5) is 34.1 Å². The summed E-state index contributed by atoms with van der Waals surface area (Å²) in [5.41, 5.74) is 22.9. The van der Waals surface area contributed by atoms with Gasteiger partial charge in [-0.2, -0.15) is 0 Å². The number of thiophene rings is 1. The molecular formula is C73H58N2S. The zero-order chi connectivity index (χ0) is 51.3. The maximum Gasteiger partial charge on any atom is 0.0488 e. The number of anilines is 6. The molecule has 12 aromatic rings. The normalized spacial score (nSPS) is 12.8. The third kappa shape index (κ3) is 8.20. The Kier molecular flexibility index (Phi) is 12.1. The highest BCUT2D eigenvalue weighted by atomic mass is 32.1. The van der Waals surface area contributed by atoms with Crippen molar-refractivity contribution in [3.8, 4) is 44.5 Å². The van der Waals surface area contributed by atoms with Crippen LogP contribution in [0.5, 0.6) is 0 Å². The summed E-state index contributed by atoms with van der Waals surface area (Å²) in [6.45, 7) is 9.42. The van der Waals surface area contributed by atoms with Gasteiger partial charge in [-0.15, -0.1) is 11.3 Å². The zero-order valence-electron chi connectivity index (χ0n) is 43.4. The van der Waals surface area contributed by atoms with E-state index in [0.717, 1.165) is 46.1 Å². The van der Waals surface area contributed by atoms with Crippen LogP contribution < -0.4 is 9.80 Å². The van der Waals surface area contributed by atoms with Gasteiger partial charge in [0.05, 0.1) is 0 Å². The van der Waals surface area contributed by atoms with Crippen LogP contribution in [-0.4, -0.2) is 0 Å². The Hall–Kier alpha value is -8.76. The molecule has 0 fully saturated rings. The lowest BCUT2D eigenvalue weighted by molar-refractivity contribution is 0.660. The third-order valence-electron chi connectivity index (χ3n) is 16.0. The number of nitrogens with zero attached hydrogens (tertiary/aromatic N) is 2. The third-order valence-corrected chi connectivity index (χ3v) is 17.2. The molecule has 76 heavy (non-hydrogen) atoms. The molecule has 0 amide bonds. The van der Waals surface area contributed by atoms with E-state index in [2.05, 4.69) is 298 Å². The van der Waals surface area contributed by atoms with E-state index < -0.39 is 0 Å². The maximum absolute atomic E-state index is 2.53. The van der Waals surface area contributed by atoms with Crippen molar-refractivity contribution in [2.45, 2.75) is 45.4 Å². The highest BCUT2D eigenvalue weighted by Gasteiger charge is 2.36. The van der Waals surface area contributed by atoms with Gasteiger partial charge in [-0.05, 0) is 165 Å². The van der Waals surface area contributed by atoms with Crippen molar-refractivity contribution < 1.29 is 0 Å². The van der Waals surface area contributed by atoms with E-state index in [1.165, 1.54) is 86.9 Å². The number of fused-ring (bicyclic) bond motifs is 6. The van der Waals surface area contributed by atoms with Gasteiger partial charge in [-0.1, -0.05) is 203 Å². The molecule has 0 saturated carbocycles. The Labute approximate surface area is 451 Å². The summed E-state index contributed by atoms with van der Waals surface area (Å²) in [7, 11) is 0. The van der Waals surface area contributed by atoms with Gasteiger partial charge in [0.25, 0.3) is 0 Å². The van der Waals surface area contributed by atoms with E-state index >= 15 is 0 Å². The molecular weight excluding hydrogens is 937 g/mol. The average Bonchev–Trinajstić information content (AvgIpc) is 4.02. The van der Waals surface area contributed by atoms with Gasteiger partial charge in [0.15, 0.2) is 0 Å². The number of hydrogen-bond acceptors (Lipinski definition) is 3. The van der Waals surface area contributed by atoms with E-state index in [4.69, 9.17) is 0 Å². The minimum atomic E-state index is -0.176. The maximum atomic E-state index is 2.53. The minimum Gasteiger partial charge on any atom is -0.310 e. The first-order valence-corrected chi connectivity index (χ1v) is 27.5. The van der Waals surface area contributed by atoms with Gasteiger partial charge in [0, 0.05) is 65.6 Å². The second-order valence-electron chi connectivity index (χ2n) is 20.8. The molecule has 0 spiro atoms. The molecule has 0 N–H and O–H groups in total. The number of hydrogen-bond donors (Lipinski definition) is 0. The van der Waals surface area contributed by atoms with Crippen LogP contribution in [-0.2, 0) is 5.41 Å². The molecule has 0 bridgehead atoms. The van der Waals surface area contributed by atoms with Gasteiger partial charge in [-0.3, -0.25) is 0 Å². The van der Waals surface area contributed by atoms with Crippen LogP contribution in [0, 0.1) is 6.92 Å². The standard InChI is InChI=1S/C73H58N2S/c1-5-60(52-26-12-7-13-27-52)61-32-18-19-33-62(61)66-48-67(71-65-35-21-23-37-70(65)76-72(71)49(66)2)53-44-58(74(54-28-14-8-15-29-54)56-40-38-51(39-41-56)50-24-10-6-11-25-50)46-59(45-53)75(55-30-16-9-17-31-55)57-42-43-64-63-34-20-22-36-68(63)73(3,4)69(64)47-57/h6-48,60H,5H2,1-4H3. The molecule has 1 aromatic heterocycles. The van der Waals surface area contributed by atoms with Gasteiger partial charge >= 0.3 is 0 Å². The molecule has 1 aliphatic rings. The summed E-state index contributed by atoms with van der Waals surface area (Å²) in [6, 6.07) is 96.7. The van der Waals surface area contributed by atoms with E-state index in [1.54, 1.807) is 0 Å². The predicted molar refractivity (Wildman–Crippen MR) is 326 cm³/mol. The summed E-state index contributed by atoms with van der Waals surface area (Å²) < 4.78 is 2.61. The smallest absolute Gasteiger partial charge is 0.0488 e. The molecule has 1 atom stereocenters. The number of rotatable bonds is 12. The van der Waals surface area contributed by atoms with E-state index in [1.807, 2.05) is 11.3 Å². The molecule has 0 aliphatic heterocycles. The topological polar surface area (TPSA) is 6.48 Å². The highest BCUT2D eigenvalue weighted by molar-refractivity contribution is 7.26. The zero-order valence-corrected chi connectivity index (χ0v) is 44.2. The lowest BCUT2D eigenvalue weighted by Crippen LogP contribution is -2.17. The van der Waals surface area contributed by atoms with Gasteiger partial charge < -0.3 is 9.80 Å². The van der Waals surface area contributed by atoms with Crippen LogP contribution in [0.3, 0.4) is 0 Å². The van der Waals surface area contributed by atoms with E-state index in [-0.39, 0.29) is 11.3 Å². The van der Waals surface area contributed by atoms with Crippen LogP contribution in [0.2, 0.25) is 0 Å². The number of para-hydroxylation sites is 2. The largest absolute Gasteiger partial charge is 0.310 e. The lowest BCUT2D eigenvalue weighted by Gasteiger charge is -2.31. The Balaban J connectivity index is 1.10. The molecule has 1 unspecified atom stereocenters. The second kappa shape index (κ2) is 19.5. The van der Waals surface area contributed by atoms with Crippen LogP contribution >= 0.6 is 11.3 Å². The molecule has 1 heterocycles. The fourth-order valence-electron chi connectivity index (χ4n) is 12.2. The van der Waals surface area contributed by atoms with Gasteiger partial charge in [0.1, 0.15) is 0 Å². The van der Waals surface area contributed by atoms with Crippen molar-refractivity contribution in [2.24, 2.45) is 0 Å². The first-order chi connectivity index (χ1) is 37.3.